The minimum Gasteiger partial charge on any atom is -0.444 e. The molecule has 3 atom stereocenters. The van der Waals surface area contributed by atoms with E-state index in [0.717, 1.165) is 21.8 Å². The van der Waals surface area contributed by atoms with E-state index in [1.807, 2.05) is 74.7 Å². The molecule has 31 heavy (non-hydrogen) atoms. The smallest absolute Gasteiger partial charge is 0.408 e. The van der Waals surface area contributed by atoms with E-state index >= 15 is 0 Å². The van der Waals surface area contributed by atoms with Gasteiger partial charge in [0.05, 0.1) is 11.7 Å². The summed E-state index contributed by atoms with van der Waals surface area (Å²) in [5.74, 6) is 0. The first kappa shape index (κ1) is 23.3. The Bertz CT molecular complexity index is 980. The van der Waals surface area contributed by atoms with Crippen LogP contribution >= 0.6 is 11.3 Å². The van der Waals surface area contributed by atoms with Crippen LogP contribution < -0.4 is 10.0 Å². The Morgan fingerprint density at radius 3 is 2.71 bits per heavy atom. The first-order valence-corrected chi connectivity index (χ1v) is 11.9. The second kappa shape index (κ2) is 10.3. The molecule has 7 nitrogen and oxygen atoms in total. The molecular weight excluding hydrogens is 434 g/mol. The Balaban J connectivity index is 1.77. The summed E-state index contributed by atoms with van der Waals surface area (Å²) >= 11 is -0.569. The van der Waals surface area contributed by atoms with Crippen LogP contribution in [0.4, 0.5) is 4.79 Å². The van der Waals surface area contributed by atoms with Crippen LogP contribution in [0.2, 0.25) is 0 Å². The molecule has 0 radical (unpaired) electrons. The van der Waals surface area contributed by atoms with Crippen molar-refractivity contribution in [2.75, 3.05) is 0 Å². The summed E-state index contributed by atoms with van der Waals surface area (Å²) in [6.45, 7) is 5.47. The number of benzene rings is 1. The van der Waals surface area contributed by atoms with Gasteiger partial charge in [0.15, 0.2) is 0 Å². The fraction of sp³-hybridized carbons (Fsp3) is 0.364. The van der Waals surface area contributed by atoms with Gasteiger partial charge in [-0.25, -0.2) is 18.7 Å². The molecule has 9 heteroatoms. The van der Waals surface area contributed by atoms with E-state index < -0.39 is 23.0 Å². The maximum absolute atomic E-state index is 12.5. The molecule has 0 bridgehead atoms. The molecule has 0 saturated heterocycles. The number of nitrogens with one attached hydrogen (secondary N) is 2. The number of nitrogens with zero attached hydrogens (tertiary/aromatic N) is 1. The lowest BCUT2D eigenvalue weighted by atomic mass is 9.98. The van der Waals surface area contributed by atoms with Gasteiger partial charge in [-0.2, -0.15) is 0 Å². The van der Waals surface area contributed by atoms with E-state index in [4.69, 9.17) is 14.3 Å². The second-order valence-corrected chi connectivity index (χ2v) is 9.81. The summed E-state index contributed by atoms with van der Waals surface area (Å²) in [4.78, 5) is 17.2. The second-order valence-electron chi connectivity index (χ2n) is 8.19. The number of aromatic nitrogens is 1. The number of hydrogen-bond donors (Lipinski definition) is 3. The Kier molecular flexibility index (Phi) is 7.77. The number of thiazole rings is 1. The van der Waals surface area contributed by atoms with Crippen LogP contribution in [0.1, 0.15) is 44.7 Å². The van der Waals surface area contributed by atoms with Gasteiger partial charge < -0.3 is 10.1 Å². The van der Waals surface area contributed by atoms with E-state index in [1.54, 1.807) is 0 Å². The molecule has 0 fully saturated rings. The van der Waals surface area contributed by atoms with Gasteiger partial charge in [-0.05, 0) is 39.2 Å². The van der Waals surface area contributed by atoms with Crippen LogP contribution in [0.3, 0.4) is 0 Å². The molecule has 1 aromatic carbocycles. The first-order valence-electron chi connectivity index (χ1n) is 9.94. The quantitative estimate of drug-likeness (QED) is 0.517. The van der Waals surface area contributed by atoms with Gasteiger partial charge in [0.25, 0.3) is 0 Å². The van der Waals surface area contributed by atoms with Gasteiger partial charge in [0, 0.05) is 17.0 Å². The predicted octanol–water partition coefficient (Wildman–Crippen LogP) is 4.75. The van der Waals surface area contributed by atoms with Crippen LogP contribution in [-0.2, 0) is 16.0 Å². The maximum Gasteiger partial charge on any atom is 0.408 e. The lowest BCUT2D eigenvalue weighted by molar-refractivity contribution is 0.0503. The van der Waals surface area contributed by atoms with Gasteiger partial charge in [-0.15, -0.1) is 11.3 Å². The van der Waals surface area contributed by atoms with E-state index in [0.29, 0.717) is 12.8 Å². The molecule has 3 N–H and O–H groups in total. The zero-order valence-corrected chi connectivity index (χ0v) is 19.3. The van der Waals surface area contributed by atoms with Gasteiger partial charge >= 0.3 is 6.09 Å². The van der Waals surface area contributed by atoms with Gasteiger partial charge in [0.2, 0.25) is 11.3 Å². The highest BCUT2D eigenvalue weighted by molar-refractivity contribution is 7.77. The number of hydrogen-bond acceptors (Lipinski definition) is 5. The molecule has 0 aliphatic heterocycles. The van der Waals surface area contributed by atoms with E-state index in [2.05, 4.69) is 10.0 Å². The van der Waals surface area contributed by atoms with E-state index in [-0.39, 0.29) is 12.1 Å². The summed E-state index contributed by atoms with van der Waals surface area (Å²) in [5, 5.41) is 5.72. The Morgan fingerprint density at radius 1 is 1.35 bits per heavy atom. The van der Waals surface area contributed by atoms with E-state index in [9.17, 15) is 9.00 Å². The van der Waals surface area contributed by atoms with Crippen molar-refractivity contribution in [1.29, 1.82) is 0 Å². The molecule has 1 aromatic heterocycles. The van der Waals surface area contributed by atoms with Crippen molar-refractivity contribution < 1.29 is 18.3 Å². The van der Waals surface area contributed by atoms with Crippen molar-refractivity contribution in [2.24, 2.45) is 0 Å². The highest BCUT2D eigenvalue weighted by Crippen LogP contribution is 2.30. The van der Waals surface area contributed by atoms with Gasteiger partial charge in [-0.1, -0.05) is 48.6 Å². The number of amides is 1. The van der Waals surface area contributed by atoms with Crippen LogP contribution in [0.15, 0.2) is 59.5 Å². The number of alkyl carbamates (subject to hydrolysis) is 1. The molecule has 2 aromatic rings. The zero-order valence-electron chi connectivity index (χ0n) is 17.7. The fourth-order valence-electron chi connectivity index (χ4n) is 3.11. The van der Waals surface area contributed by atoms with Crippen LogP contribution in [0.5, 0.6) is 0 Å². The van der Waals surface area contributed by atoms with Gasteiger partial charge in [0.1, 0.15) is 10.6 Å². The fourth-order valence-corrected chi connectivity index (χ4v) is 4.42. The highest BCUT2D eigenvalue weighted by Gasteiger charge is 2.24. The topological polar surface area (TPSA) is 101 Å². The number of ether oxygens (including phenoxy) is 1. The van der Waals surface area contributed by atoms with Crippen molar-refractivity contribution in [3.8, 4) is 11.3 Å². The molecule has 1 heterocycles. The Morgan fingerprint density at radius 2 is 2.10 bits per heavy atom. The predicted molar refractivity (Wildman–Crippen MR) is 124 cm³/mol. The van der Waals surface area contributed by atoms with Crippen LogP contribution in [0.25, 0.3) is 11.3 Å². The normalized spacial score (nSPS) is 18.2. The van der Waals surface area contributed by atoms with E-state index in [1.165, 1.54) is 11.3 Å². The number of carbonyl (C=O) groups is 1. The standard InChI is InChI=1S/C22H27N3O4S2/c1-22(2,3)29-21(26)24-18(13-15-9-11-17(12-10-15)25-31(27)28)20-23-19(14-30-20)16-7-5-4-6-8-16/h4-11,14,17-18,25H,12-13H2,1-3H3,(H,24,26)(H,27,28)/t17?,18-/m0/s1. The summed E-state index contributed by atoms with van der Waals surface area (Å²) in [6.07, 6.45) is 6.38. The third kappa shape index (κ3) is 7.39. The average molecular weight is 462 g/mol. The van der Waals surface area contributed by atoms with Gasteiger partial charge in [-0.3, -0.25) is 4.55 Å². The molecule has 0 saturated carbocycles. The van der Waals surface area contributed by atoms with Crippen LogP contribution in [-0.4, -0.2) is 31.5 Å². The third-order valence-corrected chi connectivity index (χ3v) is 5.91. The van der Waals surface area contributed by atoms with Crippen molar-refractivity contribution in [3.05, 3.63) is 64.5 Å². The average Bonchev–Trinajstić information content (AvgIpc) is 3.18. The molecule has 0 spiro atoms. The van der Waals surface area contributed by atoms with Crippen molar-refractivity contribution >= 4 is 28.7 Å². The molecule has 1 aliphatic carbocycles. The molecule has 2 unspecified atom stereocenters. The summed E-state index contributed by atoms with van der Waals surface area (Å²) in [7, 11) is 0. The van der Waals surface area contributed by atoms with Crippen molar-refractivity contribution in [3.63, 3.8) is 0 Å². The maximum atomic E-state index is 12.5. The monoisotopic (exact) mass is 461 g/mol. The summed E-state index contributed by atoms with van der Waals surface area (Å²) in [5.41, 5.74) is 2.29. The number of carbonyl (C=O) groups excluding carboxylic acids is 1. The molecule has 1 amide bonds. The first-order chi connectivity index (χ1) is 14.7. The third-order valence-electron chi connectivity index (χ3n) is 4.45. The largest absolute Gasteiger partial charge is 0.444 e. The SMILES string of the molecule is CC(C)(C)OC(=O)N[C@@H](CC1=CCC(NS(=O)O)C=C1)c1nc(-c2ccccc2)cs1. The molecule has 1 aliphatic rings. The van der Waals surface area contributed by atoms with Crippen molar-refractivity contribution in [1.82, 2.24) is 15.0 Å². The van der Waals surface area contributed by atoms with Crippen molar-refractivity contribution in [2.45, 2.75) is 51.3 Å². The van der Waals surface area contributed by atoms with Crippen LogP contribution in [0, 0.1) is 0 Å². The molecule has 3 rings (SSSR count). The molecule has 166 valence electrons. The molecular formula is C22H27N3O4S2. The lowest BCUT2D eigenvalue weighted by Crippen LogP contribution is -2.35. The minimum absolute atomic E-state index is 0.198. The summed E-state index contributed by atoms with van der Waals surface area (Å²) < 4.78 is 27.9. The Hall–Kier alpha value is -2.33. The number of allylic oxidation sites excluding steroid dienone is 1. The lowest BCUT2D eigenvalue weighted by Gasteiger charge is -2.24. The number of rotatable bonds is 7. The highest BCUT2D eigenvalue weighted by atomic mass is 32.2. The zero-order chi connectivity index (χ0) is 22.4. The summed E-state index contributed by atoms with van der Waals surface area (Å²) in [6, 6.07) is 9.33. The minimum atomic E-state index is -2.06. The Labute approximate surface area is 189 Å².